The van der Waals surface area contributed by atoms with Crippen LogP contribution in [0.1, 0.15) is 46.6 Å². The predicted octanol–water partition coefficient (Wildman–Crippen LogP) is 4.71. The van der Waals surface area contributed by atoms with Crippen LogP contribution in [0.5, 0.6) is 5.75 Å². The Morgan fingerprint density at radius 1 is 1.21 bits per heavy atom. The van der Waals surface area contributed by atoms with Gasteiger partial charge in [0.15, 0.2) is 0 Å². The Kier molecular flexibility index (Phi) is 5.14. The van der Waals surface area contributed by atoms with E-state index in [0.717, 1.165) is 12.3 Å². The predicted molar refractivity (Wildman–Crippen MR) is 99.8 cm³/mol. The molecule has 0 spiro atoms. The van der Waals surface area contributed by atoms with Crippen molar-refractivity contribution < 1.29 is 9.53 Å². The maximum atomic E-state index is 12.9. The zero-order valence-electron chi connectivity index (χ0n) is 14.4. The highest BCUT2D eigenvalue weighted by molar-refractivity contribution is 7.99. The van der Waals surface area contributed by atoms with E-state index in [4.69, 9.17) is 4.74 Å². The number of ether oxygens (including phenoxy) is 1. The highest BCUT2D eigenvalue weighted by atomic mass is 32.2. The van der Waals surface area contributed by atoms with Crippen LogP contribution in [0.2, 0.25) is 0 Å². The van der Waals surface area contributed by atoms with E-state index in [1.807, 2.05) is 40.9 Å². The van der Waals surface area contributed by atoms with Gasteiger partial charge in [0.05, 0.1) is 7.11 Å². The summed E-state index contributed by atoms with van der Waals surface area (Å²) in [5.74, 6) is 2.26. The van der Waals surface area contributed by atoms with E-state index in [-0.39, 0.29) is 11.3 Å². The molecule has 0 unspecified atom stereocenters. The summed E-state index contributed by atoms with van der Waals surface area (Å²) in [6.07, 6.45) is 0. The van der Waals surface area contributed by atoms with Crippen LogP contribution < -0.4 is 4.74 Å². The monoisotopic (exact) mass is 341 g/mol. The summed E-state index contributed by atoms with van der Waals surface area (Å²) in [6, 6.07) is 16.0. The number of methoxy groups -OCH3 is 1. The van der Waals surface area contributed by atoms with Crippen LogP contribution in [0.25, 0.3) is 0 Å². The summed E-state index contributed by atoms with van der Waals surface area (Å²) < 4.78 is 5.24. The van der Waals surface area contributed by atoms with E-state index in [1.54, 1.807) is 7.11 Å². The average molecular weight is 341 g/mol. The second-order valence-corrected chi connectivity index (χ2v) is 7.46. The highest BCUT2D eigenvalue weighted by Gasteiger charge is 2.31. The fourth-order valence-corrected chi connectivity index (χ4v) is 4.18. The molecule has 0 radical (unpaired) electrons. The molecule has 1 aliphatic heterocycles. The Balaban J connectivity index is 1.83. The molecular weight excluding hydrogens is 318 g/mol. The van der Waals surface area contributed by atoms with E-state index in [2.05, 4.69) is 38.1 Å². The van der Waals surface area contributed by atoms with Gasteiger partial charge in [0.2, 0.25) is 0 Å². The number of rotatable bonds is 4. The minimum absolute atomic E-state index is 0.0665. The molecule has 2 aromatic carbocycles. The molecule has 1 saturated heterocycles. The lowest BCUT2D eigenvalue weighted by atomic mass is 10.0. The molecule has 1 heterocycles. The Labute approximate surface area is 148 Å². The smallest absolute Gasteiger partial charge is 0.255 e. The van der Waals surface area contributed by atoms with Crippen molar-refractivity contribution in [3.8, 4) is 5.75 Å². The van der Waals surface area contributed by atoms with Crippen molar-refractivity contribution in [1.29, 1.82) is 0 Å². The number of carbonyl (C=O) groups is 1. The molecule has 3 nitrogen and oxygen atoms in total. The molecule has 2 aromatic rings. The van der Waals surface area contributed by atoms with Gasteiger partial charge in [-0.3, -0.25) is 4.79 Å². The first-order valence-electron chi connectivity index (χ1n) is 8.26. The average Bonchev–Trinajstić information content (AvgIpc) is 3.11. The zero-order valence-corrected chi connectivity index (χ0v) is 15.2. The van der Waals surface area contributed by atoms with E-state index in [1.165, 1.54) is 11.1 Å². The molecule has 1 amide bonds. The number of amides is 1. The molecule has 1 atom stereocenters. The Morgan fingerprint density at radius 2 is 1.96 bits per heavy atom. The lowest BCUT2D eigenvalue weighted by molar-refractivity contribution is 0.0760. The van der Waals surface area contributed by atoms with Crippen LogP contribution in [0.3, 0.4) is 0 Å². The van der Waals surface area contributed by atoms with Gasteiger partial charge < -0.3 is 9.64 Å². The Bertz CT molecular complexity index is 712. The summed E-state index contributed by atoms with van der Waals surface area (Å²) in [5.41, 5.74) is 3.20. The van der Waals surface area contributed by atoms with E-state index in [0.29, 0.717) is 17.2 Å². The topological polar surface area (TPSA) is 29.5 Å². The summed E-state index contributed by atoms with van der Waals surface area (Å²) in [4.78, 5) is 14.9. The number of carbonyl (C=O) groups excluding carboxylic acids is 1. The van der Waals surface area contributed by atoms with Gasteiger partial charge in [-0.15, -0.1) is 11.8 Å². The standard InChI is InChI=1S/C20H23NO2S/c1-14(2)15-7-9-16(10-8-15)20-21(11-12-24-20)19(22)17-5-4-6-18(13-17)23-3/h4-10,13-14,20H,11-12H2,1-3H3/t20-/m1/s1. The summed E-state index contributed by atoms with van der Waals surface area (Å²) >= 11 is 1.82. The van der Waals surface area contributed by atoms with Gasteiger partial charge in [-0.25, -0.2) is 0 Å². The quantitative estimate of drug-likeness (QED) is 0.807. The SMILES string of the molecule is COc1cccc(C(=O)N2CCS[C@@H]2c2ccc(C(C)C)cc2)c1. The minimum atomic E-state index is 0.0665. The van der Waals surface area contributed by atoms with Gasteiger partial charge in [0.25, 0.3) is 5.91 Å². The molecule has 4 heteroatoms. The van der Waals surface area contributed by atoms with Crippen LogP contribution in [0, 0.1) is 0 Å². The van der Waals surface area contributed by atoms with E-state index in [9.17, 15) is 4.79 Å². The van der Waals surface area contributed by atoms with Crippen molar-refractivity contribution >= 4 is 17.7 Å². The Hall–Kier alpha value is -1.94. The van der Waals surface area contributed by atoms with Crippen molar-refractivity contribution in [2.75, 3.05) is 19.4 Å². The first-order chi connectivity index (χ1) is 11.6. The molecule has 0 bridgehead atoms. The maximum Gasteiger partial charge on any atom is 0.255 e. The molecule has 0 aromatic heterocycles. The Morgan fingerprint density at radius 3 is 2.62 bits per heavy atom. The molecule has 0 N–H and O–H groups in total. The molecule has 0 aliphatic carbocycles. The van der Waals surface area contributed by atoms with Crippen LogP contribution in [-0.4, -0.2) is 30.2 Å². The van der Waals surface area contributed by atoms with Crippen molar-refractivity contribution in [1.82, 2.24) is 4.90 Å². The normalized spacial score (nSPS) is 17.3. The van der Waals surface area contributed by atoms with Gasteiger partial charge in [0, 0.05) is 17.9 Å². The second-order valence-electron chi connectivity index (χ2n) is 6.28. The summed E-state index contributed by atoms with van der Waals surface area (Å²) in [6.45, 7) is 5.16. The largest absolute Gasteiger partial charge is 0.497 e. The van der Waals surface area contributed by atoms with Gasteiger partial charge in [-0.1, -0.05) is 44.2 Å². The van der Waals surface area contributed by atoms with Crippen LogP contribution in [0.15, 0.2) is 48.5 Å². The minimum Gasteiger partial charge on any atom is -0.497 e. The van der Waals surface area contributed by atoms with Crippen LogP contribution in [0.4, 0.5) is 0 Å². The van der Waals surface area contributed by atoms with Crippen molar-refractivity contribution in [3.63, 3.8) is 0 Å². The number of benzene rings is 2. The third kappa shape index (κ3) is 3.44. The molecule has 24 heavy (non-hydrogen) atoms. The summed E-state index contributed by atoms with van der Waals surface area (Å²) in [5, 5.41) is 0.0879. The number of nitrogens with zero attached hydrogens (tertiary/aromatic N) is 1. The van der Waals surface area contributed by atoms with Crippen molar-refractivity contribution in [2.24, 2.45) is 0 Å². The number of thioether (sulfide) groups is 1. The van der Waals surface area contributed by atoms with Crippen LogP contribution >= 0.6 is 11.8 Å². The fourth-order valence-electron chi connectivity index (χ4n) is 2.92. The molecule has 0 saturated carbocycles. The van der Waals surface area contributed by atoms with Gasteiger partial charge >= 0.3 is 0 Å². The molecule has 126 valence electrons. The zero-order chi connectivity index (χ0) is 17.1. The highest BCUT2D eigenvalue weighted by Crippen LogP contribution is 2.39. The first-order valence-corrected chi connectivity index (χ1v) is 9.31. The first kappa shape index (κ1) is 16.9. The van der Waals surface area contributed by atoms with Gasteiger partial charge in [0.1, 0.15) is 11.1 Å². The van der Waals surface area contributed by atoms with Crippen molar-refractivity contribution in [3.05, 3.63) is 65.2 Å². The number of hydrogen-bond donors (Lipinski definition) is 0. The third-order valence-electron chi connectivity index (χ3n) is 4.36. The lowest BCUT2D eigenvalue weighted by Gasteiger charge is -2.24. The van der Waals surface area contributed by atoms with Crippen molar-refractivity contribution in [2.45, 2.75) is 25.1 Å². The summed E-state index contributed by atoms with van der Waals surface area (Å²) in [7, 11) is 1.62. The van der Waals surface area contributed by atoms with Gasteiger partial charge in [-0.2, -0.15) is 0 Å². The van der Waals surface area contributed by atoms with Crippen LogP contribution in [-0.2, 0) is 0 Å². The molecule has 1 fully saturated rings. The lowest BCUT2D eigenvalue weighted by Crippen LogP contribution is -2.30. The molecule has 3 rings (SSSR count). The number of hydrogen-bond acceptors (Lipinski definition) is 3. The van der Waals surface area contributed by atoms with E-state index >= 15 is 0 Å². The van der Waals surface area contributed by atoms with E-state index < -0.39 is 0 Å². The fraction of sp³-hybridized carbons (Fsp3) is 0.350. The second kappa shape index (κ2) is 7.31. The third-order valence-corrected chi connectivity index (χ3v) is 5.62. The maximum absolute atomic E-state index is 12.9. The molecular formula is C20H23NO2S. The molecule has 1 aliphatic rings. The van der Waals surface area contributed by atoms with Gasteiger partial charge in [-0.05, 0) is 35.2 Å².